The summed E-state index contributed by atoms with van der Waals surface area (Å²) in [6, 6.07) is 12.7. The van der Waals surface area contributed by atoms with E-state index in [2.05, 4.69) is 16.9 Å². The Balaban J connectivity index is 1.20. The first-order valence-corrected chi connectivity index (χ1v) is 18.7. The Morgan fingerprint density at radius 2 is 1.27 bits per heavy atom. The molecule has 1 N–H and O–H groups in total. The van der Waals surface area contributed by atoms with E-state index < -0.39 is 17.4 Å². The largest absolute Gasteiger partial charge is 0.488 e. The Hall–Kier alpha value is -6.84. The van der Waals surface area contributed by atoms with Gasteiger partial charge >= 0.3 is 11.4 Å². The van der Waals surface area contributed by atoms with Gasteiger partial charge in [0, 0.05) is 55.1 Å². The number of hydrogen-bond donors (Lipinski definition) is 1. The van der Waals surface area contributed by atoms with Gasteiger partial charge < -0.3 is 18.6 Å². The van der Waals surface area contributed by atoms with Crippen molar-refractivity contribution in [1.82, 2.24) is 47.8 Å². The van der Waals surface area contributed by atoms with E-state index in [-0.39, 0.29) is 41.5 Å². The molecule has 4 atom stereocenters. The van der Waals surface area contributed by atoms with Gasteiger partial charge in [-0.25, -0.2) is 38.7 Å². The summed E-state index contributed by atoms with van der Waals surface area (Å²) >= 11 is 0. The predicted octanol–water partition coefficient (Wildman–Crippen LogP) is 4.56. The van der Waals surface area contributed by atoms with Crippen LogP contribution in [0.25, 0.3) is 56.0 Å². The Kier molecular flexibility index (Phi) is 7.59. The van der Waals surface area contributed by atoms with Crippen molar-refractivity contribution in [2.24, 2.45) is 0 Å². The van der Waals surface area contributed by atoms with Crippen molar-refractivity contribution >= 4 is 44.4 Å². The van der Waals surface area contributed by atoms with Gasteiger partial charge in [-0.3, -0.25) is 19.1 Å². The molecule has 0 aliphatic carbocycles. The van der Waals surface area contributed by atoms with Crippen LogP contribution in [0.1, 0.15) is 58.5 Å². The zero-order valence-corrected chi connectivity index (χ0v) is 30.7. The van der Waals surface area contributed by atoms with Gasteiger partial charge in [0.2, 0.25) is 0 Å². The van der Waals surface area contributed by atoms with E-state index in [4.69, 9.17) is 24.4 Å². The first-order valence-electron chi connectivity index (χ1n) is 18.7. The highest BCUT2D eigenvalue weighted by molar-refractivity contribution is 5.83. The molecule has 0 saturated carbocycles. The highest BCUT2D eigenvalue weighted by Crippen LogP contribution is 2.33. The number of aromatic amines is 1. The first-order chi connectivity index (χ1) is 27.1. The van der Waals surface area contributed by atoms with Crippen molar-refractivity contribution in [2.45, 2.75) is 77.3 Å². The van der Waals surface area contributed by atoms with Gasteiger partial charge in [0.1, 0.15) is 45.5 Å². The second kappa shape index (κ2) is 12.6. The molecule has 0 aromatic carbocycles. The lowest BCUT2D eigenvalue weighted by atomic mass is 10.1. The molecular weight excluding hydrogens is 717 g/mol. The van der Waals surface area contributed by atoms with Crippen LogP contribution < -0.4 is 31.7 Å². The summed E-state index contributed by atoms with van der Waals surface area (Å²) in [5, 5.41) is 0.820. The number of ether oxygens (including phenoxy) is 2. The minimum Gasteiger partial charge on any atom is -0.488 e. The zero-order chi connectivity index (χ0) is 38.4. The van der Waals surface area contributed by atoms with Crippen LogP contribution in [0.2, 0.25) is 0 Å². The minimum absolute atomic E-state index is 0.00516. The molecule has 0 saturated heterocycles. The van der Waals surface area contributed by atoms with Gasteiger partial charge in [0.25, 0.3) is 0 Å². The van der Waals surface area contributed by atoms with E-state index in [0.29, 0.717) is 81.0 Å². The third-order valence-corrected chi connectivity index (χ3v) is 11.1. The van der Waals surface area contributed by atoms with E-state index in [1.165, 1.54) is 15.2 Å². The average Bonchev–Trinajstić information content (AvgIpc) is 3.68. The SMILES string of the molecule is C[C@@H]1CC[C@@H](C)n2ccc(=O)c3ccc(nc32)-n2c(=O)n(C[C@@H]3CC[C@H](C)Oc4ccnc5[nH]c(=O)n(c45)-c4ccc5c(=O)ccn3c5n4)c3nccc(c32)O1. The van der Waals surface area contributed by atoms with E-state index in [1.807, 2.05) is 23.0 Å². The summed E-state index contributed by atoms with van der Waals surface area (Å²) in [7, 11) is 0. The van der Waals surface area contributed by atoms with Crippen LogP contribution in [0.15, 0.2) is 92.5 Å². The summed E-state index contributed by atoms with van der Waals surface area (Å²) in [6.07, 6.45) is 8.64. The van der Waals surface area contributed by atoms with Gasteiger partial charge in [-0.1, -0.05) is 0 Å². The van der Waals surface area contributed by atoms with E-state index in [0.717, 1.165) is 6.42 Å². The molecule has 56 heavy (non-hydrogen) atoms. The second-order valence-corrected chi connectivity index (χ2v) is 14.8. The number of imidazole rings is 2. The lowest BCUT2D eigenvalue weighted by molar-refractivity contribution is 0.198. The molecule has 0 amide bonds. The topological polar surface area (TPSA) is 179 Å². The zero-order valence-electron chi connectivity index (χ0n) is 30.7. The first kappa shape index (κ1) is 33.7. The quantitative estimate of drug-likeness (QED) is 0.263. The van der Waals surface area contributed by atoms with E-state index in [1.54, 1.807) is 71.8 Å². The minimum atomic E-state index is -0.455. The molecule has 0 unspecified atom stereocenters. The molecule has 4 bridgehead atoms. The van der Waals surface area contributed by atoms with Crippen LogP contribution in [-0.2, 0) is 6.54 Å². The standard InChI is InChI=1S/C40H36N10O6/c1-21-4-5-22(2)56-30-13-17-42-38-34(30)50(32-11-9-25-27(51)14-18-46(21)36(25)44-32)40(54)48(38)20-24-7-6-23(3)55-29-12-16-41-35-33(29)49(39(53)45-35)31-10-8-26-28(52)15-19-47(24)37(26)43-31/h8-19,21-24H,4-7,20H2,1-3H3,(H,41,45,53)/t21-,22-,23+,24+/m1/s1. The smallest absolute Gasteiger partial charge is 0.336 e. The van der Waals surface area contributed by atoms with Crippen LogP contribution in [-0.4, -0.2) is 60.0 Å². The van der Waals surface area contributed by atoms with Crippen molar-refractivity contribution in [3.8, 4) is 23.1 Å². The molecule has 10 heterocycles. The summed E-state index contributed by atoms with van der Waals surface area (Å²) in [4.78, 5) is 76.5. The highest BCUT2D eigenvalue weighted by Gasteiger charge is 2.28. The van der Waals surface area contributed by atoms with Crippen LogP contribution in [0.4, 0.5) is 0 Å². The normalized spacial score (nSPS) is 19.7. The number of H-pyrrole nitrogens is 1. The van der Waals surface area contributed by atoms with E-state index in [9.17, 15) is 19.2 Å². The number of hydrogen-bond acceptors (Lipinski definition) is 10. The Labute approximate surface area is 316 Å². The number of pyridine rings is 6. The van der Waals surface area contributed by atoms with Crippen LogP contribution in [0.3, 0.4) is 0 Å². The van der Waals surface area contributed by atoms with Crippen LogP contribution in [0.5, 0.6) is 11.5 Å². The number of aromatic nitrogens is 10. The lowest BCUT2D eigenvalue weighted by Gasteiger charge is -2.25. The maximum atomic E-state index is 15.0. The van der Waals surface area contributed by atoms with Crippen molar-refractivity contribution in [3.63, 3.8) is 0 Å². The van der Waals surface area contributed by atoms with Crippen molar-refractivity contribution in [3.05, 3.63) is 115 Å². The molecule has 0 radical (unpaired) electrons. The molecule has 8 aromatic rings. The molecule has 2 aliphatic heterocycles. The third kappa shape index (κ3) is 5.19. The summed E-state index contributed by atoms with van der Waals surface area (Å²) in [5.74, 6) is 1.54. The number of rotatable bonds is 2. The monoisotopic (exact) mass is 752 g/mol. The molecule has 10 rings (SSSR count). The molecule has 2 aliphatic rings. The lowest BCUT2D eigenvalue weighted by Crippen LogP contribution is -2.30. The molecule has 16 nitrogen and oxygen atoms in total. The van der Waals surface area contributed by atoms with E-state index >= 15 is 0 Å². The molecule has 8 aromatic heterocycles. The summed E-state index contributed by atoms with van der Waals surface area (Å²) in [5.41, 5.74) is 1.22. The summed E-state index contributed by atoms with van der Waals surface area (Å²) < 4.78 is 21.4. The second-order valence-electron chi connectivity index (χ2n) is 14.8. The van der Waals surface area contributed by atoms with Crippen LogP contribution >= 0.6 is 0 Å². The fraction of sp³-hybridized carbons (Fsp3) is 0.300. The fourth-order valence-corrected chi connectivity index (χ4v) is 8.22. The van der Waals surface area contributed by atoms with Gasteiger partial charge in [-0.05, 0) is 70.7 Å². The van der Waals surface area contributed by atoms with Crippen molar-refractivity contribution < 1.29 is 9.47 Å². The maximum Gasteiger partial charge on any atom is 0.336 e. The average molecular weight is 753 g/mol. The van der Waals surface area contributed by atoms with Crippen LogP contribution in [0, 0.1) is 0 Å². The maximum absolute atomic E-state index is 15.0. The van der Waals surface area contributed by atoms with Crippen molar-refractivity contribution in [1.29, 1.82) is 0 Å². The Morgan fingerprint density at radius 1 is 0.661 bits per heavy atom. The molecule has 0 spiro atoms. The molecule has 16 heteroatoms. The number of nitrogens with zero attached hydrogens (tertiary/aromatic N) is 9. The van der Waals surface area contributed by atoms with Crippen molar-refractivity contribution in [2.75, 3.05) is 0 Å². The van der Waals surface area contributed by atoms with Gasteiger partial charge in [-0.15, -0.1) is 0 Å². The number of fused-ring (bicyclic) bond motifs is 4. The van der Waals surface area contributed by atoms with Gasteiger partial charge in [0.05, 0.1) is 35.6 Å². The van der Waals surface area contributed by atoms with Gasteiger partial charge in [0.15, 0.2) is 22.2 Å². The summed E-state index contributed by atoms with van der Waals surface area (Å²) in [6.45, 7) is 6.15. The predicted molar refractivity (Wildman–Crippen MR) is 209 cm³/mol. The Bertz CT molecular complexity index is 3150. The van der Waals surface area contributed by atoms with Gasteiger partial charge in [-0.2, -0.15) is 0 Å². The molecule has 282 valence electrons. The third-order valence-electron chi connectivity index (χ3n) is 11.1. The fourth-order valence-electron chi connectivity index (χ4n) is 8.22. The molecule has 0 fully saturated rings. The highest BCUT2D eigenvalue weighted by atomic mass is 16.5. The Morgan fingerprint density at radius 3 is 1.98 bits per heavy atom. The number of nitrogens with one attached hydrogen (secondary N) is 1. The molecular formula is C40H36N10O6.